The molecule has 17 heavy (non-hydrogen) atoms. The first-order valence-electron chi connectivity index (χ1n) is 6.16. The highest BCUT2D eigenvalue weighted by atomic mass is 16.1. The number of rotatable bonds is 3. The van der Waals surface area contributed by atoms with Gasteiger partial charge in [0.25, 0.3) is 0 Å². The third-order valence-corrected chi connectivity index (χ3v) is 3.43. The van der Waals surface area contributed by atoms with Crippen molar-refractivity contribution in [2.75, 3.05) is 0 Å². The number of imidazole rings is 1. The number of amides is 1. The second-order valence-corrected chi connectivity index (χ2v) is 4.80. The Hall–Kier alpha value is -1.36. The lowest BCUT2D eigenvalue weighted by Crippen LogP contribution is -2.37. The molecule has 5 heteroatoms. The van der Waals surface area contributed by atoms with Crippen LogP contribution in [-0.2, 0) is 18.4 Å². The van der Waals surface area contributed by atoms with E-state index in [-0.39, 0.29) is 17.9 Å². The average molecular weight is 236 g/mol. The normalized spacial score (nSPS) is 24.6. The molecule has 1 aliphatic carbocycles. The molecule has 0 bridgehead atoms. The topological polar surface area (TPSA) is 72.9 Å². The van der Waals surface area contributed by atoms with Crippen molar-refractivity contribution < 1.29 is 4.79 Å². The Labute approximate surface area is 101 Å². The van der Waals surface area contributed by atoms with Gasteiger partial charge in [-0.05, 0) is 19.3 Å². The third kappa shape index (κ3) is 3.06. The number of hydrogen-bond donors (Lipinski definition) is 2. The Bertz CT molecular complexity index is 388. The van der Waals surface area contributed by atoms with E-state index in [2.05, 4.69) is 10.3 Å². The molecule has 2 rings (SSSR count). The Balaban J connectivity index is 1.83. The van der Waals surface area contributed by atoms with Gasteiger partial charge in [0.05, 0.1) is 6.54 Å². The molecule has 3 N–H and O–H groups in total. The average Bonchev–Trinajstić information content (AvgIpc) is 2.72. The van der Waals surface area contributed by atoms with Gasteiger partial charge in [0.1, 0.15) is 5.82 Å². The second-order valence-electron chi connectivity index (χ2n) is 4.80. The van der Waals surface area contributed by atoms with E-state index in [0.717, 1.165) is 31.5 Å². The minimum Gasteiger partial charge on any atom is -0.349 e. The van der Waals surface area contributed by atoms with Crippen molar-refractivity contribution in [3.05, 3.63) is 18.2 Å². The molecule has 1 amide bonds. The summed E-state index contributed by atoms with van der Waals surface area (Å²) in [5.74, 6) is 1.07. The molecule has 2 atom stereocenters. The molecule has 1 aromatic rings. The zero-order valence-electron chi connectivity index (χ0n) is 10.2. The summed E-state index contributed by atoms with van der Waals surface area (Å²) in [6, 6.07) is 0.188. The summed E-state index contributed by atoms with van der Waals surface area (Å²) >= 11 is 0. The van der Waals surface area contributed by atoms with Gasteiger partial charge in [-0.3, -0.25) is 4.79 Å². The lowest BCUT2D eigenvalue weighted by molar-refractivity contribution is -0.126. The predicted molar refractivity (Wildman–Crippen MR) is 65.0 cm³/mol. The summed E-state index contributed by atoms with van der Waals surface area (Å²) in [6.45, 7) is 0.494. The maximum Gasteiger partial charge on any atom is 0.223 e. The first-order chi connectivity index (χ1) is 8.16. The Morgan fingerprint density at radius 2 is 2.47 bits per heavy atom. The molecule has 1 aromatic heterocycles. The van der Waals surface area contributed by atoms with Crippen LogP contribution in [0.3, 0.4) is 0 Å². The number of hydrogen-bond acceptors (Lipinski definition) is 3. The second kappa shape index (κ2) is 5.31. The maximum absolute atomic E-state index is 11.9. The molecule has 0 spiro atoms. The van der Waals surface area contributed by atoms with E-state index >= 15 is 0 Å². The van der Waals surface area contributed by atoms with Crippen LogP contribution in [0.2, 0.25) is 0 Å². The number of nitrogens with two attached hydrogens (primary N) is 1. The number of aryl methyl sites for hydroxylation is 1. The van der Waals surface area contributed by atoms with Gasteiger partial charge in [-0.25, -0.2) is 4.98 Å². The van der Waals surface area contributed by atoms with Crippen LogP contribution < -0.4 is 11.1 Å². The number of nitrogens with zero attached hydrogens (tertiary/aromatic N) is 2. The van der Waals surface area contributed by atoms with Crippen LogP contribution in [0, 0.1) is 5.92 Å². The number of aromatic nitrogens is 2. The van der Waals surface area contributed by atoms with Crippen LogP contribution in [0.15, 0.2) is 12.4 Å². The number of nitrogens with one attached hydrogen (secondary N) is 1. The lowest BCUT2D eigenvalue weighted by atomic mass is 9.85. The minimum absolute atomic E-state index is 0.0824. The van der Waals surface area contributed by atoms with Crippen LogP contribution in [0.4, 0.5) is 0 Å². The van der Waals surface area contributed by atoms with Crippen LogP contribution in [0.1, 0.15) is 31.5 Å². The highest BCUT2D eigenvalue weighted by Gasteiger charge is 2.25. The molecule has 1 fully saturated rings. The highest BCUT2D eigenvalue weighted by molar-refractivity contribution is 5.78. The number of carbonyl (C=O) groups excluding carboxylic acids is 1. The fraction of sp³-hybridized carbons (Fsp3) is 0.667. The van der Waals surface area contributed by atoms with Crippen molar-refractivity contribution in [1.29, 1.82) is 0 Å². The van der Waals surface area contributed by atoms with Gasteiger partial charge in [-0.15, -0.1) is 0 Å². The van der Waals surface area contributed by atoms with E-state index in [9.17, 15) is 4.79 Å². The molecule has 0 aromatic carbocycles. The van der Waals surface area contributed by atoms with E-state index in [4.69, 9.17) is 5.73 Å². The van der Waals surface area contributed by atoms with E-state index in [1.807, 2.05) is 17.8 Å². The predicted octanol–water partition coefficient (Wildman–Crippen LogP) is 0.554. The van der Waals surface area contributed by atoms with E-state index in [1.54, 1.807) is 6.20 Å². The van der Waals surface area contributed by atoms with Gasteiger partial charge >= 0.3 is 0 Å². The van der Waals surface area contributed by atoms with Crippen molar-refractivity contribution in [1.82, 2.24) is 14.9 Å². The number of carbonyl (C=O) groups is 1. The summed E-state index contributed by atoms with van der Waals surface area (Å²) < 4.78 is 1.91. The first kappa shape index (κ1) is 12.1. The molecule has 1 aliphatic rings. The molecule has 1 heterocycles. The molecule has 2 unspecified atom stereocenters. The van der Waals surface area contributed by atoms with Gasteiger partial charge in [0.2, 0.25) is 5.91 Å². The van der Waals surface area contributed by atoms with Gasteiger partial charge in [0.15, 0.2) is 0 Å². The highest BCUT2D eigenvalue weighted by Crippen LogP contribution is 2.23. The smallest absolute Gasteiger partial charge is 0.223 e. The fourth-order valence-corrected chi connectivity index (χ4v) is 2.34. The SMILES string of the molecule is Cn1ccnc1CNC(=O)C1CCCC(N)C1. The van der Waals surface area contributed by atoms with Crippen molar-refractivity contribution >= 4 is 5.91 Å². The lowest BCUT2D eigenvalue weighted by Gasteiger charge is -2.25. The van der Waals surface area contributed by atoms with Gasteiger partial charge < -0.3 is 15.6 Å². The van der Waals surface area contributed by atoms with Crippen molar-refractivity contribution in [2.45, 2.75) is 38.3 Å². The standard InChI is InChI=1S/C12H20N4O/c1-16-6-5-14-11(16)8-15-12(17)9-3-2-4-10(13)7-9/h5-6,9-10H,2-4,7-8,13H2,1H3,(H,15,17). The van der Waals surface area contributed by atoms with Crippen LogP contribution >= 0.6 is 0 Å². The molecule has 0 aliphatic heterocycles. The van der Waals surface area contributed by atoms with Gasteiger partial charge in [-0.2, -0.15) is 0 Å². The Morgan fingerprint density at radius 1 is 1.65 bits per heavy atom. The minimum atomic E-state index is 0.0824. The molecular formula is C12H20N4O. The van der Waals surface area contributed by atoms with Crippen LogP contribution in [0.5, 0.6) is 0 Å². The molecule has 0 radical (unpaired) electrons. The summed E-state index contributed by atoms with van der Waals surface area (Å²) in [7, 11) is 1.92. The van der Waals surface area contributed by atoms with Gasteiger partial charge in [0, 0.05) is 31.4 Å². The first-order valence-corrected chi connectivity index (χ1v) is 6.16. The summed E-state index contributed by atoms with van der Waals surface area (Å²) in [6.07, 6.45) is 7.48. The summed E-state index contributed by atoms with van der Waals surface area (Å²) in [5.41, 5.74) is 5.88. The molecule has 0 saturated heterocycles. The van der Waals surface area contributed by atoms with Crippen LogP contribution in [0.25, 0.3) is 0 Å². The monoisotopic (exact) mass is 236 g/mol. The van der Waals surface area contributed by atoms with E-state index in [0.29, 0.717) is 6.54 Å². The maximum atomic E-state index is 11.9. The quantitative estimate of drug-likeness (QED) is 0.805. The van der Waals surface area contributed by atoms with Crippen molar-refractivity contribution in [3.63, 3.8) is 0 Å². The molecule has 1 saturated carbocycles. The fourth-order valence-electron chi connectivity index (χ4n) is 2.34. The summed E-state index contributed by atoms with van der Waals surface area (Å²) in [4.78, 5) is 16.1. The van der Waals surface area contributed by atoms with E-state index in [1.165, 1.54) is 0 Å². The van der Waals surface area contributed by atoms with Crippen LogP contribution in [-0.4, -0.2) is 21.5 Å². The molecule has 5 nitrogen and oxygen atoms in total. The zero-order chi connectivity index (χ0) is 12.3. The Morgan fingerprint density at radius 3 is 3.12 bits per heavy atom. The van der Waals surface area contributed by atoms with Crippen molar-refractivity contribution in [3.8, 4) is 0 Å². The zero-order valence-corrected chi connectivity index (χ0v) is 10.2. The third-order valence-electron chi connectivity index (χ3n) is 3.43. The molecular weight excluding hydrogens is 216 g/mol. The molecule has 94 valence electrons. The Kier molecular flexibility index (Phi) is 3.78. The largest absolute Gasteiger partial charge is 0.349 e. The van der Waals surface area contributed by atoms with Gasteiger partial charge in [-0.1, -0.05) is 6.42 Å². The van der Waals surface area contributed by atoms with Crippen molar-refractivity contribution in [2.24, 2.45) is 18.7 Å². The van der Waals surface area contributed by atoms with E-state index < -0.39 is 0 Å². The summed E-state index contributed by atoms with van der Waals surface area (Å²) in [5, 5.41) is 2.94.